The third-order valence-electron chi connectivity index (χ3n) is 2.98. The molecule has 7 nitrogen and oxygen atoms in total. The molecule has 7 heteroatoms. The van der Waals surface area contributed by atoms with Gasteiger partial charge in [-0.1, -0.05) is 23.3 Å². The minimum atomic E-state index is -0.585. The second-order valence-corrected chi connectivity index (χ2v) is 4.72. The molecule has 0 aromatic heterocycles. The number of hydrogen-bond acceptors (Lipinski definition) is 4. The topological polar surface area (TPSA) is 83.4 Å². The summed E-state index contributed by atoms with van der Waals surface area (Å²) in [6.45, 7) is 3.83. The summed E-state index contributed by atoms with van der Waals surface area (Å²) in [4.78, 5) is 25.2. The van der Waals surface area contributed by atoms with E-state index in [4.69, 9.17) is 4.74 Å². The van der Waals surface area contributed by atoms with Gasteiger partial charge in [-0.2, -0.15) is 5.11 Å². The van der Waals surface area contributed by atoms with Crippen molar-refractivity contribution in [3.05, 3.63) is 42.1 Å². The number of para-hydroxylation sites is 1. The van der Waals surface area contributed by atoms with Crippen LogP contribution in [0.3, 0.4) is 0 Å². The number of nitrogens with one attached hydrogen (secondary N) is 1. The van der Waals surface area contributed by atoms with Gasteiger partial charge in [-0.3, -0.25) is 4.79 Å². The zero-order valence-electron chi connectivity index (χ0n) is 12.4. The number of morpholine rings is 1. The number of benzene rings is 1. The molecule has 0 unspecified atom stereocenters. The van der Waals surface area contributed by atoms with E-state index < -0.39 is 6.03 Å². The zero-order chi connectivity index (χ0) is 15.8. The number of carbonyl (C=O) groups is 2. The number of ether oxygens (including phenoxy) is 1. The average Bonchev–Trinajstić information content (AvgIpc) is 2.55. The van der Waals surface area contributed by atoms with Crippen LogP contribution in [0.1, 0.15) is 6.92 Å². The van der Waals surface area contributed by atoms with Crippen LogP contribution in [0.25, 0.3) is 0 Å². The smallest absolute Gasteiger partial charge is 0.364 e. The third-order valence-corrected chi connectivity index (χ3v) is 2.98. The van der Waals surface area contributed by atoms with Crippen LogP contribution in [0, 0.1) is 0 Å². The molecule has 0 radical (unpaired) electrons. The highest BCUT2D eigenvalue weighted by Gasteiger charge is 2.14. The monoisotopic (exact) mass is 302 g/mol. The lowest BCUT2D eigenvalue weighted by Gasteiger charge is -2.25. The predicted octanol–water partition coefficient (Wildman–Crippen LogP) is 2.43. The lowest BCUT2D eigenvalue weighted by molar-refractivity contribution is -0.130. The van der Waals surface area contributed by atoms with Gasteiger partial charge in [0.1, 0.15) is 0 Å². The highest BCUT2D eigenvalue weighted by Crippen LogP contribution is 2.06. The van der Waals surface area contributed by atoms with Crippen molar-refractivity contribution in [3.8, 4) is 0 Å². The average molecular weight is 302 g/mol. The molecule has 1 aliphatic rings. The van der Waals surface area contributed by atoms with E-state index >= 15 is 0 Å². The van der Waals surface area contributed by atoms with Crippen LogP contribution in [0.5, 0.6) is 0 Å². The maximum Gasteiger partial charge on any atom is 0.364 e. The SMILES string of the molecule is C/C(=C\C(=O)N1CCOCC1)N=NC(=O)Nc1ccccc1. The lowest BCUT2D eigenvalue weighted by Crippen LogP contribution is -2.39. The van der Waals surface area contributed by atoms with Crippen molar-refractivity contribution in [2.75, 3.05) is 31.6 Å². The van der Waals surface area contributed by atoms with Crippen LogP contribution in [-0.4, -0.2) is 43.1 Å². The summed E-state index contributed by atoms with van der Waals surface area (Å²) in [5.41, 5.74) is 1.01. The molecule has 3 amide bonds. The Morgan fingerprint density at radius 3 is 2.55 bits per heavy atom. The molecule has 1 heterocycles. The Balaban J connectivity index is 1.86. The Morgan fingerprint density at radius 2 is 1.86 bits per heavy atom. The van der Waals surface area contributed by atoms with E-state index in [-0.39, 0.29) is 5.91 Å². The van der Waals surface area contributed by atoms with Gasteiger partial charge in [-0.15, -0.1) is 0 Å². The van der Waals surface area contributed by atoms with E-state index in [1.54, 1.807) is 36.1 Å². The molecule has 1 N–H and O–H groups in total. The molecule has 1 aromatic carbocycles. The van der Waals surface area contributed by atoms with Gasteiger partial charge in [0.25, 0.3) is 0 Å². The minimum Gasteiger partial charge on any atom is -0.378 e. The molecule has 0 aliphatic carbocycles. The van der Waals surface area contributed by atoms with Crippen molar-refractivity contribution in [1.82, 2.24) is 4.90 Å². The molecular weight excluding hydrogens is 284 g/mol. The van der Waals surface area contributed by atoms with Crippen molar-refractivity contribution in [3.63, 3.8) is 0 Å². The summed E-state index contributed by atoms with van der Waals surface area (Å²) < 4.78 is 5.18. The van der Waals surface area contributed by atoms with Crippen LogP contribution in [0.2, 0.25) is 0 Å². The van der Waals surface area contributed by atoms with Gasteiger partial charge in [0.15, 0.2) is 0 Å². The summed E-state index contributed by atoms with van der Waals surface area (Å²) in [5, 5.41) is 9.85. The van der Waals surface area contributed by atoms with Gasteiger partial charge < -0.3 is 15.0 Å². The zero-order valence-corrected chi connectivity index (χ0v) is 12.4. The molecule has 1 saturated heterocycles. The minimum absolute atomic E-state index is 0.150. The van der Waals surface area contributed by atoms with Crippen LogP contribution >= 0.6 is 0 Å². The normalized spacial score (nSPS) is 15.9. The van der Waals surface area contributed by atoms with Crippen molar-refractivity contribution >= 4 is 17.6 Å². The molecule has 0 spiro atoms. The Kier molecular flexibility index (Phi) is 5.79. The van der Waals surface area contributed by atoms with Crippen LogP contribution < -0.4 is 5.32 Å². The first-order valence-corrected chi connectivity index (χ1v) is 6.98. The van der Waals surface area contributed by atoms with Gasteiger partial charge in [0.2, 0.25) is 5.91 Å². The van der Waals surface area contributed by atoms with Gasteiger partial charge >= 0.3 is 6.03 Å². The first-order valence-electron chi connectivity index (χ1n) is 6.98. The fourth-order valence-electron chi connectivity index (χ4n) is 1.88. The van der Waals surface area contributed by atoms with Crippen molar-refractivity contribution in [2.24, 2.45) is 10.2 Å². The number of urea groups is 1. The van der Waals surface area contributed by atoms with E-state index in [9.17, 15) is 9.59 Å². The predicted molar refractivity (Wildman–Crippen MR) is 81.5 cm³/mol. The van der Waals surface area contributed by atoms with Crippen LogP contribution in [0.15, 0.2) is 52.3 Å². The number of anilines is 1. The number of azo groups is 1. The second kappa shape index (κ2) is 8.04. The molecule has 1 aromatic rings. The number of nitrogens with zero attached hydrogens (tertiary/aromatic N) is 3. The summed E-state index contributed by atoms with van der Waals surface area (Å²) in [7, 11) is 0. The molecule has 22 heavy (non-hydrogen) atoms. The maximum absolute atomic E-state index is 11.9. The van der Waals surface area contributed by atoms with Gasteiger partial charge in [-0.05, 0) is 19.1 Å². The lowest BCUT2D eigenvalue weighted by atomic mass is 10.3. The Morgan fingerprint density at radius 1 is 1.18 bits per heavy atom. The van der Waals surface area contributed by atoms with E-state index in [0.29, 0.717) is 37.7 Å². The number of amides is 3. The molecule has 0 bridgehead atoms. The Hall–Kier alpha value is -2.54. The van der Waals surface area contributed by atoms with Crippen LogP contribution in [0.4, 0.5) is 10.5 Å². The maximum atomic E-state index is 11.9. The molecule has 1 fully saturated rings. The van der Waals surface area contributed by atoms with Gasteiger partial charge in [-0.25, -0.2) is 4.79 Å². The highest BCUT2D eigenvalue weighted by molar-refractivity contribution is 5.90. The Labute approximate surface area is 128 Å². The van der Waals surface area contributed by atoms with Crippen molar-refractivity contribution < 1.29 is 14.3 Å². The van der Waals surface area contributed by atoms with Gasteiger partial charge in [0.05, 0.1) is 18.9 Å². The largest absolute Gasteiger partial charge is 0.378 e. The van der Waals surface area contributed by atoms with E-state index in [0.717, 1.165) is 0 Å². The van der Waals surface area contributed by atoms with Crippen LogP contribution in [-0.2, 0) is 9.53 Å². The molecular formula is C15H18N4O3. The molecule has 116 valence electrons. The summed E-state index contributed by atoms with van der Waals surface area (Å²) in [6.07, 6.45) is 1.37. The number of rotatable bonds is 3. The fraction of sp³-hybridized carbons (Fsp3) is 0.333. The first kappa shape index (κ1) is 15.8. The molecule has 1 aliphatic heterocycles. The number of allylic oxidation sites excluding steroid dienone is 1. The molecule has 2 rings (SSSR count). The van der Waals surface area contributed by atoms with Crippen molar-refractivity contribution in [1.29, 1.82) is 0 Å². The summed E-state index contributed by atoms with van der Waals surface area (Å²) in [5.74, 6) is -0.150. The van der Waals surface area contributed by atoms with E-state index in [1.807, 2.05) is 6.07 Å². The number of carbonyl (C=O) groups excluding carboxylic acids is 2. The number of hydrogen-bond donors (Lipinski definition) is 1. The molecule has 0 saturated carbocycles. The highest BCUT2D eigenvalue weighted by atomic mass is 16.5. The molecule has 0 atom stereocenters. The fourth-order valence-corrected chi connectivity index (χ4v) is 1.88. The summed E-state index contributed by atoms with van der Waals surface area (Å²) >= 11 is 0. The van der Waals surface area contributed by atoms with E-state index in [2.05, 4.69) is 15.5 Å². The van der Waals surface area contributed by atoms with E-state index in [1.165, 1.54) is 6.08 Å². The standard InChI is InChI=1S/C15H18N4O3/c1-12(11-14(20)19-7-9-22-10-8-19)17-18-15(21)16-13-5-3-2-4-6-13/h2-6,11H,7-10H2,1H3,(H,16,21)/b12-11+,18-17?. The van der Waals surface area contributed by atoms with Crippen molar-refractivity contribution in [2.45, 2.75) is 6.92 Å². The third kappa shape index (κ3) is 5.10. The quantitative estimate of drug-likeness (QED) is 0.687. The summed E-state index contributed by atoms with van der Waals surface area (Å²) in [6, 6.07) is 8.37. The Bertz CT molecular complexity index is 578. The van der Waals surface area contributed by atoms with Gasteiger partial charge in [0, 0.05) is 24.9 Å². The second-order valence-electron chi connectivity index (χ2n) is 4.72. The first-order chi connectivity index (χ1) is 10.6.